The molecule has 2 aromatic rings. The van der Waals surface area contributed by atoms with Crippen LogP contribution >= 0.6 is 0 Å². The molecule has 0 bridgehead atoms. The van der Waals surface area contributed by atoms with E-state index in [-0.39, 0.29) is 0 Å². The van der Waals surface area contributed by atoms with E-state index in [0.29, 0.717) is 11.5 Å². The van der Waals surface area contributed by atoms with Gasteiger partial charge in [-0.3, -0.25) is 4.98 Å². The molecule has 142 valence electrons. The second-order valence-electron chi connectivity index (χ2n) is 7.91. The maximum absolute atomic E-state index is 11.4. The number of benzene rings is 1. The first kappa shape index (κ1) is 18.0. The Morgan fingerprint density at radius 3 is 2.89 bits per heavy atom. The van der Waals surface area contributed by atoms with E-state index >= 15 is 0 Å². The number of hydrogen-bond donors (Lipinski definition) is 1. The fourth-order valence-electron chi connectivity index (χ4n) is 4.20. The molecule has 1 saturated carbocycles. The second-order valence-corrected chi connectivity index (χ2v) is 7.91. The average Bonchev–Trinajstić information content (AvgIpc) is 3.50. The first-order valence-electron chi connectivity index (χ1n) is 10.1. The Labute approximate surface area is 160 Å². The van der Waals surface area contributed by atoms with E-state index in [2.05, 4.69) is 23.2 Å². The van der Waals surface area contributed by atoms with Crippen LogP contribution in [0.15, 0.2) is 36.7 Å². The lowest BCUT2D eigenvalue weighted by Gasteiger charge is -2.26. The lowest BCUT2D eigenvalue weighted by molar-refractivity contribution is 0.0695. The van der Waals surface area contributed by atoms with Crippen molar-refractivity contribution in [3.8, 4) is 5.75 Å². The zero-order valence-electron chi connectivity index (χ0n) is 15.7. The molecule has 27 heavy (non-hydrogen) atoms. The Morgan fingerprint density at radius 1 is 1.19 bits per heavy atom. The first-order chi connectivity index (χ1) is 13.2. The Bertz CT molecular complexity index is 813. The molecule has 1 aromatic heterocycles. The summed E-state index contributed by atoms with van der Waals surface area (Å²) < 4.78 is 5.96. The third kappa shape index (κ3) is 4.49. The number of carbonyl (C=O) groups is 1. The van der Waals surface area contributed by atoms with Crippen LogP contribution in [0, 0.1) is 5.92 Å². The number of aromatic nitrogens is 1. The van der Waals surface area contributed by atoms with Crippen molar-refractivity contribution in [1.29, 1.82) is 0 Å². The van der Waals surface area contributed by atoms with Gasteiger partial charge in [-0.15, -0.1) is 0 Å². The summed E-state index contributed by atoms with van der Waals surface area (Å²) in [5.74, 6) is 1.51. The van der Waals surface area contributed by atoms with Crippen LogP contribution in [0.25, 0.3) is 0 Å². The number of pyridine rings is 1. The van der Waals surface area contributed by atoms with Crippen LogP contribution in [0.3, 0.4) is 0 Å². The standard InChI is InChI=1S/C23H27NO3/c25-23(26)22-10-12-24-15-19(22)7-6-17-2-1-3-18-14-20(8-9-21(17)18)27-13-11-16-4-5-16/h8-10,12,14-17H,1-7,11,13H2,(H,25,26). The molecule has 4 nitrogen and oxygen atoms in total. The third-order valence-electron chi connectivity index (χ3n) is 5.94. The minimum Gasteiger partial charge on any atom is -0.494 e. The van der Waals surface area contributed by atoms with Crippen molar-refractivity contribution in [3.05, 3.63) is 58.9 Å². The molecule has 0 amide bonds. The highest BCUT2D eigenvalue weighted by molar-refractivity contribution is 5.89. The maximum Gasteiger partial charge on any atom is 0.336 e. The number of carboxylic acids is 1. The lowest BCUT2D eigenvalue weighted by Crippen LogP contribution is -2.12. The van der Waals surface area contributed by atoms with Gasteiger partial charge in [0.1, 0.15) is 5.75 Å². The molecule has 1 atom stereocenters. The average molecular weight is 365 g/mol. The van der Waals surface area contributed by atoms with Crippen LogP contribution < -0.4 is 4.74 Å². The molecule has 1 fully saturated rings. The van der Waals surface area contributed by atoms with Gasteiger partial charge in [-0.25, -0.2) is 4.79 Å². The van der Waals surface area contributed by atoms with Crippen molar-refractivity contribution in [2.24, 2.45) is 5.92 Å². The Morgan fingerprint density at radius 2 is 2.07 bits per heavy atom. The molecule has 0 saturated heterocycles. The third-order valence-corrected chi connectivity index (χ3v) is 5.94. The monoisotopic (exact) mass is 365 g/mol. The van der Waals surface area contributed by atoms with Crippen LogP contribution in [-0.4, -0.2) is 22.7 Å². The number of aromatic carboxylic acids is 1. The van der Waals surface area contributed by atoms with Gasteiger partial charge in [0.25, 0.3) is 0 Å². The van der Waals surface area contributed by atoms with Crippen LogP contribution in [0.1, 0.15) is 71.5 Å². The molecule has 2 aliphatic carbocycles. The molecule has 4 rings (SSSR count). The summed E-state index contributed by atoms with van der Waals surface area (Å²) in [6.07, 6.45) is 12.3. The molecule has 0 aliphatic heterocycles. The Balaban J connectivity index is 1.41. The summed E-state index contributed by atoms with van der Waals surface area (Å²) in [5.41, 5.74) is 4.02. The van der Waals surface area contributed by atoms with E-state index in [1.54, 1.807) is 18.5 Å². The number of nitrogens with zero attached hydrogens (tertiary/aromatic N) is 1. The summed E-state index contributed by atoms with van der Waals surface area (Å²) in [6, 6.07) is 8.16. The van der Waals surface area contributed by atoms with E-state index in [9.17, 15) is 9.90 Å². The molecular weight excluding hydrogens is 338 g/mol. The SMILES string of the molecule is O=C(O)c1ccncc1CCC1CCCc2cc(OCCC3CC3)ccc21. The van der Waals surface area contributed by atoms with Crippen molar-refractivity contribution >= 4 is 5.97 Å². The van der Waals surface area contributed by atoms with Gasteiger partial charge in [-0.2, -0.15) is 0 Å². The molecule has 1 unspecified atom stereocenters. The van der Waals surface area contributed by atoms with E-state index in [1.807, 2.05) is 0 Å². The van der Waals surface area contributed by atoms with Gasteiger partial charge in [0.2, 0.25) is 0 Å². The lowest BCUT2D eigenvalue weighted by atomic mass is 9.79. The van der Waals surface area contributed by atoms with Gasteiger partial charge in [-0.05, 0) is 85.3 Å². The maximum atomic E-state index is 11.4. The number of rotatable bonds is 8. The molecule has 0 spiro atoms. The van der Waals surface area contributed by atoms with Crippen LogP contribution in [0.5, 0.6) is 5.75 Å². The van der Waals surface area contributed by atoms with Gasteiger partial charge in [0, 0.05) is 12.4 Å². The van der Waals surface area contributed by atoms with Crippen molar-refractivity contribution in [3.63, 3.8) is 0 Å². The van der Waals surface area contributed by atoms with Gasteiger partial charge in [0.15, 0.2) is 0 Å². The zero-order valence-corrected chi connectivity index (χ0v) is 15.7. The quantitative estimate of drug-likeness (QED) is 0.714. The fourth-order valence-corrected chi connectivity index (χ4v) is 4.20. The van der Waals surface area contributed by atoms with Crippen molar-refractivity contribution in [2.75, 3.05) is 6.61 Å². The van der Waals surface area contributed by atoms with E-state index in [0.717, 1.165) is 49.5 Å². The first-order valence-corrected chi connectivity index (χ1v) is 10.1. The normalized spacial score (nSPS) is 18.7. The largest absolute Gasteiger partial charge is 0.494 e. The molecule has 1 aromatic carbocycles. The number of ether oxygens (including phenoxy) is 1. The van der Waals surface area contributed by atoms with Gasteiger partial charge < -0.3 is 9.84 Å². The summed E-state index contributed by atoms with van der Waals surface area (Å²) >= 11 is 0. The highest BCUT2D eigenvalue weighted by Crippen LogP contribution is 2.37. The smallest absolute Gasteiger partial charge is 0.336 e. The molecule has 1 heterocycles. The van der Waals surface area contributed by atoms with Crippen molar-refractivity contribution < 1.29 is 14.6 Å². The fraction of sp³-hybridized carbons (Fsp3) is 0.478. The molecule has 1 N–H and O–H groups in total. The van der Waals surface area contributed by atoms with E-state index in [4.69, 9.17) is 4.74 Å². The number of hydrogen-bond acceptors (Lipinski definition) is 3. The minimum atomic E-state index is -0.871. The predicted molar refractivity (Wildman–Crippen MR) is 104 cm³/mol. The van der Waals surface area contributed by atoms with E-state index in [1.165, 1.54) is 36.8 Å². The predicted octanol–water partition coefficient (Wildman–Crippen LogP) is 5.01. The summed E-state index contributed by atoms with van der Waals surface area (Å²) in [7, 11) is 0. The summed E-state index contributed by atoms with van der Waals surface area (Å²) in [5, 5.41) is 9.36. The Hall–Kier alpha value is -2.36. The minimum absolute atomic E-state index is 0.375. The van der Waals surface area contributed by atoms with Gasteiger partial charge in [-0.1, -0.05) is 18.9 Å². The van der Waals surface area contributed by atoms with Crippen molar-refractivity contribution in [1.82, 2.24) is 4.98 Å². The number of carboxylic acid groups (broad SMARTS) is 1. The second kappa shape index (κ2) is 8.12. The zero-order chi connectivity index (χ0) is 18.6. The van der Waals surface area contributed by atoms with E-state index < -0.39 is 5.97 Å². The molecule has 2 aliphatic rings. The topological polar surface area (TPSA) is 59.4 Å². The highest BCUT2D eigenvalue weighted by atomic mass is 16.5. The molecular formula is C23H27NO3. The van der Waals surface area contributed by atoms with Crippen LogP contribution in [0.4, 0.5) is 0 Å². The highest BCUT2D eigenvalue weighted by Gasteiger charge is 2.23. The molecule has 0 radical (unpaired) electrons. The summed E-state index contributed by atoms with van der Waals surface area (Å²) in [4.78, 5) is 15.5. The van der Waals surface area contributed by atoms with Gasteiger partial charge in [0.05, 0.1) is 12.2 Å². The number of fused-ring (bicyclic) bond motifs is 1. The summed E-state index contributed by atoms with van der Waals surface area (Å²) in [6.45, 7) is 0.825. The van der Waals surface area contributed by atoms with Crippen LogP contribution in [-0.2, 0) is 12.8 Å². The molecule has 4 heteroatoms. The van der Waals surface area contributed by atoms with Crippen molar-refractivity contribution in [2.45, 2.75) is 57.3 Å². The Kier molecular flexibility index (Phi) is 5.42. The van der Waals surface area contributed by atoms with Crippen LogP contribution in [0.2, 0.25) is 0 Å². The number of aryl methyl sites for hydroxylation is 2. The van der Waals surface area contributed by atoms with Gasteiger partial charge >= 0.3 is 5.97 Å².